The molecule has 0 aliphatic rings. The van der Waals surface area contributed by atoms with Crippen LogP contribution in [0.4, 0.5) is 13.2 Å². The highest BCUT2D eigenvalue weighted by molar-refractivity contribution is 5.93. The maximum Gasteiger partial charge on any atom is 0.417 e. The molecule has 19 heavy (non-hydrogen) atoms. The predicted octanol–water partition coefficient (Wildman–Crippen LogP) is 4.25. The normalized spacial score (nSPS) is 11.9. The van der Waals surface area contributed by atoms with E-state index in [2.05, 4.69) is 9.97 Å². The number of nitrogens with zero attached hydrogens (tertiary/aromatic N) is 1. The van der Waals surface area contributed by atoms with Crippen molar-refractivity contribution in [3.63, 3.8) is 0 Å². The Bertz CT molecular complexity index is 714. The number of rotatable bonds is 1. The van der Waals surface area contributed by atoms with Crippen molar-refractivity contribution in [3.8, 4) is 11.1 Å². The second kappa shape index (κ2) is 4.12. The number of nitrogens with one attached hydrogen (secondary N) is 1. The lowest BCUT2D eigenvalue weighted by Gasteiger charge is -2.06. The third-order valence-electron chi connectivity index (χ3n) is 2.94. The number of fused-ring (bicyclic) bond motifs is 1. The molecule has 2 nitrogen and oxygen atoms in total. The lowest BCUT2D eigenvalue weighted by molar-refractivity contribution is -0.137. The van der Waals surface area contributed by atoms with E-state index in [0.29, 0.717) is 16.6 Å². The Balaban J connectivity index is 2.22. The number of hydrogen-bond acceptors (Lipinski definition) is 1. The van der Waals surface area contributed by atoms with Gasteiger partial charge in [0.2, 0.25) is 0 Å². The molecule has 0 fully saturated rings. The van der Waals surface area contributed by atoms with E-state index < -0.39 is 11.7 Å². The third-order valence-corrected chi connectivity index (χ3v) is 2.94. The zero-order valence-corrected chi connectivity index (χ0v) is 9.70. The van der Waals surface area contributed by atoms with Crippen LogP contribution in [0.5, 0.6) is 0 Å². The molecular weight excluding hydrogens is 253 g/mol. The molecule has 0 atom stereocenters. The summed E-state index contributed by atoms with van der Waals surface area (Å²) in [4.78, 5) is 6.71. The summed E-state index contributed by atoms with van der Waals surface area (Å²) in [6.07, 6.45) is -1.87. The number of aromatic nitrogens is 2. The van der Waals surface area contributed by atoms with Crippen molar-refractivity contribution in [2.45, 2.75) is 6.18 Å². The summed E-state index contributed by atoms with van der Waals surface area (Å²) in [7, 11) is 0. The summed E-state index contributed by atoms with van der Waals surface area (Å²) in [5.41, 5.74) is 1.28. The van der Waals surface area contributed by atoms with E-state index in [9.17, 15) is 13.2 Å². The number of aromatic amines is 1. The number of benzene rings is 1. The fraction of sp³-hybridized carbons (Fsp3) is 0.0714. The summed E-state index contributed by atoms with van der Waals surface area (Å²) >= 11 is 0. The van der Waals surface area contributed by atoms with Crippen molar-refractivity contribution in [1.82, 2.24) is 9.97 Å². The van der Waals surface area contributed by atoms with E-state index in [-0.39, 0.29) is 0 Å². The molecule has 1 aromatic carbocycles. The highest BCUT2D eigenvalue weighted by Crippen LogP contribution is 2.33. The third kappa shape index (κ3) is 2.07. The summed E-state index contributed by atoms with van der Waals surface area (Å²) in [6, 6.07) is 10.4. The minimum atomic E-state index is -4.38. The summed E-state index contributed by atoms with van der Waals surface area (Å²) in [6.45, 7) is 0. The molecule has 0 radical (unpaired) electrons. The van der Waals surface area contributed by atoms with Crippen LogP contribution in [0.2, 0.25) is 0 Å². The van der Waals surface area contributed by atoms with Gasteiger partial charge in [-0.2, -0.15) is 13.2 Å². The molecule has 0 amide bonds. The van der Waals surface area contributed by atoms with Crippen molar-refractivity contribution >= 4 is 11.0 Å². The van der Waals surface area contributed by atoms with E-state index in [0.717, 1.165) is 17.8 Å². The summed E-state index contributed by atoms with van der Waals surface area (Å²) < 4.78 is 38.1. The van der Waals surface area contributed by atoms with Crippen LogP contribution in [-0.2, 0) is 6.18 Å². The maximum atomic E-state index is 12.7. The van der Waals surface area contributed by atoms with Crippen LogP contribution in [0.15, 0.2) is 48.8 Å². The van der Waals surface area contributed by atoms with Gasteiger partial charge in [-0.15, -0.1) is 0 Å². The molecule has 0 spiro atoms. The van der Waals surface area contributed by atoms with E-state index in [1.807, 2.05) is 30.3 Å². The van der Waals surface area contributed by atoms with Crippen LogP contribution in [0.3, 0.4) is 0 Å². The molecule has 0 aliphatic carbocycles. The van der Waals surface area contributed by atoms with Crippen LogP contribution >= 0.6 is 0 Å². The van der Waals surface area contributed by atoms with Crippen molar-refractivity contribution in [1.29, 1.82) is 0 Å². The molecule has 0 unspecified atom stereocenters. The van der Waals surface area contributed by atoms with Crippen molar-refractivity contribution in [2.75, 3.05) is 0 Å². The predicted molar refractivity (Wildman–Crippen MR) is 66.5 cm³/mol. The Labute approximate surface area is 106 Å². The average molecular weight is 262 g/mol. The van der Waals surface area contributed by atoms with Crippen LogP contribution in [0.25, 0.3) is 22.2 Å². The van der Waals surface area contributed by atoms with Gasteiger partial charge in [0, 0.05) is 23.3 Å². The lowest BCUT2D eigenvalue weighted by Crippen LogP contribution is -2.05. The molecule has 0 bridgehead atoms. The first-order chi connectivity index (χ1) is 9.05. The first-order valence-electron chi connectivity index (χ1n) is 5.65. The molecule has 5 heteroatoms. The molecule has 0 saturated heterocycles. The highest BCUT2D eigenvalue weighted by Gasteiger charge is 2.31. The zero-order chi connectivity index (χ0) is 13.5. The van der Waals surface area contributed by atoms with E-state index in [1.54, 1.807) is 6.20 Å². The maximum absolute atomic E-state index is 12.7. The van der Waals surface area contributed by atoms with Gasteiger partial charge in [0.15, 0.2) is 0 Å². The van der Waals surface area contributed by atoms with Gasteiger partial charge >= 0.3 is 6.18 Å². The standard InChI is InChI=1S/C14H9F3N2/c15-14(16,17)10-6-11-12(8-19-13(11)18-7-10)9-4-2-1-3-5-9/h1-8H,(H,18,19). The van der Waals surface area contributed by atoms with Crippen LogP contribution < -0.4 is 0 Å². The minimum Gasteiger partial charge on any atom is -0.346 e. The molecular formula is C14H9F3N2. The van der Waals surface area contributed by atoms with Crippen LogP contribution in [-0.4, -0.2) is 9.97 Å². The largest absolute Gasteiger partial charge is 0.417 e. The molecule has 3 aromatic rings. The lowest BCUT2D eigenvalue weighted by atomic mass is 10.1. The highest BCUT2D eigenvalue weighted by atomic mass is 19.4. The van der Waals surface area contributed by atoms with Crippen molar-refractivity contribution in [3.05, 3.63) is 54.4 Å². The van der Waals surface area contributed by atoms with Gasteiger partial charge < -0.3 is 4.98 Å². The van der Waals surface area contributed by atoms with Gasteiger partial charge in [-0.1, -0.05) is 30.3 Å². The van der Waals surface area contributed by atoms with Gasteiger partial charge in [-0.05, 0) is 11.6 Å². The molecule has 1 N–H and O–H groups in total. The Morgan fingerprint density at radius 2 is 1.79 bits per heavy atom. The molecule has 2 aromatic heterocycles. The quantitative estimate of drug-likeness (QED) is 0.697. The topological polar surface area (TPSA) is 28.7 Å². The number of alkyl halides is 3. The Kier molecular flexibility index (Phi) is 2.55. The number of halogens is 3. The smallest absolute Gasteiger partial charge is 0.346 e. The number of hydrogen-bond donors (Lipinski definition) is 1. The first-order valence-corrected chi connectivity index (χ1v) is 5.65. The molecule has 0 aliphatic heterocycles. The fourth-order valence-corrected chi connectivity index (χ4v) is 2.01. The molecule has 3 rings (SSSR count). The SMILES string of the molecule is FC(F)(F)c1cnc2[nH]cc(-c3ccccc3)c2c1. The fourth-order valence-electron chi connectivity index (χ4n) is 2.01. The van der Waals surface area contributed by atoms with E-state index >= 15 is 0 Å². The summed E-state index contributed by atoms with van der Waals surface area (Å²) in [5, 5.41) is 0.473. The minimum absolute atomic E-state index is 0.451. The molecule has 0 saturated carbocycles. The van der Waals surface area contributed by atoms with Crippen molar-refractivity contribution in [2.24, 2.45) is 0 Å². The number of pyridine rings is 1. The molecule has 2 heterocycles. The van der Waals surface area contributed by atoms with Gasteiger partial charge in [0.1, 0.15) is 5.65 Å². The average Bonchev–Trinajstić information content (AvgIpc) is 2.81. The second-order valence-corrected chi connectivity index (χ2v) is 4.19. The Morgan fingerprint density at radius 1 is 1.05 bits per heavy atom. The Morgan fingerprint density at radius 3 is 2.47 bits per heavy atom. The first kappa shape index (κ1) is 11.8. The van der Waals surface area contributed by atoms with Gasteiger partial charge in [0.25, 0.3) is 0 Å². The van der Waals surface area contributed by atoms with Gasteiger partial charge in [0.05, 0.1) is 5.56 Å². The van der Waals surface area contributed by atoms with E-state index in [1.165, 1.54) is 0 Å². The molecule has 96 valence electrons. The van der Waals surface area contributed by atoms with Crippen molar-refractivity contribution < 1.29 is 13.2 Å². The second-order valence-electron chi connectivity index (χ2n) is 4.19. The number of H-pyrrole nitrogens is 1. The summed E-state index contributed by atoms with van der Waals surface area (Å²) in [5.74, 6) is 0. The Hall–Kier alpha value is -2.30. The zero-order valence-electron chi connectivity index (χ0n) is 9.70. The van der Waals surface area contributed by atoms with Gasteiger partial charge in [-0.3, -0.25) is 0 Å². The van der Waals surface area contributed by atoms with Crippen LogP contribution in [0.1, 0.15) is 5.56 Å². The monoisotopic (exact) mass is 262 g/mol. The van der Waals surface area contributed by atoms with E-state index in [4.69, 9.17) is 0 Å². The van der Waals surface area contributed by atoms with Gasteiger partial charge in [-0.25, -0.2) is 4.98 Å². The van der Waals surface area contributed by atoms with Crippen LogP contribution in [0, 0.1) is 0 Å².